The Bertz CT molecular complexity index is 4740. The minimum Gasteiger partial charge on any atom is -1.00 e. The molecule has 14 heteroatoms. The van der Waals surface area contributed by atoms with Crippen LogP contribution in [-0.4, -0.2) is 103 Å². The van der Waals surface area contributed by atoms with Crippen molar-refractivity contribution in [3.8, 4) is 12.3 Å². The number of carbonyl (C=O) groups is 4. The van der Waals surface area contributed by atoms with Crippen LogP contribution in [0.4, 0.5) is 0 Å². The van der Waals surface area contributed by atoms with Crippen molar-refractivity contribution in [2.45, 2.75) is 39.0 Å². The SMILES string of the molecule is C#CC[N+](C)(C)CC1=Cc2cccc3cccc(c23)C1=O.C=CC[N+](C)(C)CC1=Cc2cccc3cccc(c23)C1=O.CC(C)(O)c1cc[n+](CC2=Cc3cccc4cccc(c34)C2=O)cc1.O=C1C(C[n+]2ccc(CCO)cc2)=Cc2cccc3cccc1c23.[Cl-].[Cl-].[Cl-].[Cl-]. The first-order valence-corrected chi connectivity index (χ1v) is 30.8. The number of carbonyl (C=O) groups excluding carboxylic acids is 4. The van der Waals surface area contributed by atoms with E-state index in [1.165, 1.54) is 0 Å². The van der Waals surface area contributed by atoms with Crippen molar-refractivity contribution in [2.24, 2.45) is 0 Å². The molecule has 484 valence electrons. The molecule has 8 aromatic carbocycles. The number of hydrogen-bond donors (Lipinski definition) is 2. The highest BCUT2D eigenvalue weighted by atomic mass is 35.5. The Morgan fingerprint density at radius 3 is 1.08 bits per heavy atom. The third kappa shape index (κ3) is 16.2. The highest BCUT2D eigenvalue weighted by Crippen LogP contribution is 2.36. The second-order valence-corrected chi connectivity index (χ2v) is 25.7. The van der Waals surface area contributed by atoms with Gasteiger partial charge in [0.15, 0.2) is 61.0 Å². The number of ketones is 4. The van der Waals surface area contributed by atoms with Crippen molar-refractivity contribution in [2.75, 3.05) is 61.0 Å². The van der Waals surface area contributed by atoms with Gasteiger partial charge in [-0.2, -0.15) is 0 Å². The fourth-order valence-electron chi connectivity index (χ4n) is 12.8. The maximum absolute atomic E-state index is 12.9. The number of pyridine rings is 2. The molecule has 2 N–H and O–H groups in total. The minimum absolute atomic E-state index is 0. The number of Topliss-reactive ketones (excluding diaryl/α,β-unsaturated/α-hetero) is 4. The number of rotatable bonds is 14. The number of terminal acetylenes is 1. The van der Waals surface area contributed by atoms with Gasteiger partial charge in [0.25, 0.3) is 0 Å². The smallest absolute Gasteiger partial charge is 0.196 e. The lowest BCUT2D eigenvalue weighted by molar-refractivity contribution is -0.879. The number of aliphatic hydroxyl groups is 2. The first-order valence-electron chi connectivity index (χ1n) is 30.8. The minimum atomic E-state index is -0.867. The average Bonchev–Trinajstić information content (AvgIpc) is 0.786. The number of aromatic nitrogens is 2. The van der Waals surface area contributed by atoms with E-state index in [1.54, 1.807) is 13.8 Å². The highest BCUT2D eigenvalue weighted by Gasteiger charge is 2.30. The average molecular weight is 1340 g/mol. The maximum Gasteiger partial charge on any atom is 0.196 e. The molecule has 2 aromatic heterocycles. The lowest BCUT2D eigenvalue weighted by Crippen LogP contribution is -3.00. The van der Waals surface area contributed by atoms with Crippen LogP contribution in [0, 0.1) is 12.3 Å². The molecule has 0 atom stereocenters. The zero-order valence-electron chi connectivity index (χ0n) is 54.1. The molecule has 10 nitrogen and oxygen atoms in total. The number of quaternary nitrogens is 2. The van der Waals surface area contributed by atoms with Crippen LogP contribution < -0.4 is 58.8 Å². The summed E-state index contributed by atoms with van der Waals surface area (Å²) in [6, 6.07) is 56.0. The number of likely N-dealkylation sites (N-methyl/N-ethyl adjacent to an activating group) is 2. The lowest BCUT2D eigenvalue weighted by Gasteiger charge is -2.30. The molecular weight excluding hydrogens is 1270 g/mol. The molecule has 95 heavy (non-hydrogen) atoms. The summed E-state index contributed by atoms with van der Waals surface area (Å²) in [6.07, 6.45) is 23.8. The summed E-state index contributed by atoms with van der Waals surface area (Å²) in [7, 11) is 8.35. The van der Waals surface area contributed by atoms with Crippen LogP contribution in [0.25, 0.3) is 67.4 Å². The van der Waals surface area contributed by atoms with Crippen LogP contribution in [-0.2, 0) is 25.1 Å². The summed E-state index contributed by atoms with van der Waals surface area (Å²) in [5.41, 5.74) is 12.0. The van der Waals surface area contributed by atoms with E-state index in [2.05, 4.69) is 89.2 Å². The number of nitrogens with zero attached hydrogens (tertiary/aromatic N) is 4. The first kappa shape index (κ1) is 73.5. The molecule has 0 saturated heterocycles. The zero-order valence-corrected chi connectivity index (χ0v) is 57.2. The summed E-state index contributed by atoms with van der Waals surface area (Å²) in [4.78, 5) is 51.3. The molecular formula is C81H76Cl4N4O6. The Morgan fingerprint density at radius 2 is 0.768 bits per heavy atom. The quantitative estimate of drug-likeness (QED) is 0.0738. The summed E-state index contributed by atoms with van der Waals surface area (Å²) in [5.74, 6) is 3.16. The molecule has 2 heterocycles. The van der Waals surface area contributed by atoms with E-state index in [1.807, 2.05) is 186 Å². The van der Waals surface area contributed by atoms with Gasteiger partial charge in [-0.1, -0.05) is 152 Å². The van der Waals surface area contributed by atoms with Crippen LogP contribution >= 0.6 is 0 Å². The maximum atomic E-state index is 12.9. The zero-order chi connectivity index (χ0) is 64.2. The first-order chi connectivity index (χ1) is 43.7. The number of benzene rings is 8. The second kappa shape index (κ2) is 31.1. The lowest BCUT2D eigenvalue weighted by atomic mass is 9.87. The van der Waals surface area contributed by atoms with Crippen molar-refractivity contribution in [1.82, 2.24) is 0 Å². The van der Waals surface area contributed by atoms with Crippen LogP contribution in [0.15, 0.2) is 230 Å². The molecule has 0 spiro atoms. The third-order valence-corrected chi connectivity index (χ3v) is 17.2. The molecule has 0 bridgehead atoms. The Labute approximate surface area is 581 Å². The topological polar surface area (TPSA) is 117 Å². The van der Waals surface area contributed by atoms with E-state index in [9.17, 15) is 24.3 Å². The summed E-state index contributed by atoms with van der Waals surface area (Å²) >= 11 is 0. The van der Waals surface area contributed by atoms with Crippen LogP contribution in [0.5, 0.6) is 0 Å². The van der Waals surface area contributed by atoms with Crippen LogP contribution in [0.1, 0.15) is 88.7 Å². The molecule has 0 aliphatic heterocycles. The van der Waals surface area contributed by atoms with Crippen molar-refractivity contribution in [1.29, 1.82) is 0 Å². The summed E-state index contributed by atoms with van der Waals surface area (Å²) in [5, 5.41) is 27.8. The largest absolute Gasteiger partial charge is 1.00 e. The van der Waals surface area contributed by atoms with Crippen molar-refractivity contribution >= 4 is 90.5 Å². The number of allylic oxidation sites excluding steroid dienone is 2. The van der Waals surface area contributed by atoms with Crippen molar-refractivity contribution in [3.63, 3.8) is 0 Å². The van der Waals surface area contributed by atoms with E-state index < -0.39 is 5.60 Å². The van der Waals surface area contributed by atoms with E-state index >= 15 is 0 Å². The third-order valence-electron chi connectivity index (χ3n) is 17.2. The molecule has 0 saturated carbocycles. The van der Waals surface area contributed by atoms with Gasteiger partial charge < -0.3 is 68.8 Å². The molecule has 0 fully saturated rings. The van der Waals surface area contributed by atoms with Gasteiger partial charge in [0.05, 0.1) is 62.6 Å². The molecule has 10 aromatic rings. The van der Waals surface area contributed by atoms with Crippen molar-refractivity contribution in [3.05, 3.63) is 285 Å². The molecule has 0 radical (unpaired) electrons. The predicted molar refractivity (Wildman–Crippen MR) is 367 cm³/mol. The van der Waals surface area contributed by atoms with Gasteiger partial charge in [-0.25, -0.2) is 9.13 Å². The Morgan fingerprint density at radius 1 is 0.463 bits per heavy atom. The Kier molecular flexibility index (Phi) is 24.0. The number of aliphatic hydroxyl groups excluding tert-OH is 1. The van der Waals surface area contributed by atoms with Crippen LogP contribution in [0.2, 0.25) is 0 Å². The Hall–Kier alpha value is -8.96. The van der Waals surface area contributed by atoms with Gasteiger partial charge in [-0.05, 0) is 111 Å². The fourth-order valence-corrected chi connectivity index (χ4v) is 12.8. The summed E-state index contributed by atoms with van der Waals surface area (Å²) < 4.78 is 5.32. The molecule has 0 unspecified atom stereocenters. The fraction of sp³-hybridized carbons (Fsp3) is 0.185. The van der Waals surface area contributed by atoms with E-state index in [-0.39, 0.29) is 79.4 Å². The monoisotopic (exact) mass is 1340 g/mol. The van der Waals surface area contributed by atoms with E-state index in [0.29, 0.717) is 37.1 Å². The molecule has 4 aliphatic rings. The van der Waals surface area contributed by atoms with Gasteiger partial charge in [0, 0.05) is 74.7 Å². The van der Waals surface area contributed by atoms with Crippen LogP contribution in [0.3, 0.4) is 0 Å². The number of hydrogen-bond acceptors (Lipinski definition) is 6. The van der Waals surface area contributed by atoms with Gasteiger partial charge in [-0.3, -0.25) is 19.2 Å². The standard InChI is InChI=1S/C22H20NO2.C21H18NO2.C19H20NO.C19H18NO.4ClH/c1-22(2,25)18-9-11-23(12-10-18)14-17-13-16-7-3-5-15-6-4-8-19(20(15)16)21(17)24;23-12-9-15-7-10-22(11-8-15)14-18-13-17-5-1-3-16-4-2-6-19(20(16)17)21(18)24;2*1-4-11-20(2,3)13-16-12-15-9-5-7-14-8-6-10-17(18(14)15)19(16)21;;;;/h3-13,25H,14H2,1-2H3;1-8,10-11,13,23H,9,12,14H2;4-10,12H,1,11,13H2,2-3H3;1,5-10,12H,11,13H2,2-3H3;4*1H/q4*+1;;;;/p-4. The van der Waals surface area contributed by atoms with Gasteiger partial charge in [-0.15, -0.1) is 6.42 Å². The van der Waals surface area contributed by atoms with Gasteiger partial charge in [0.2, 0.25) is 0 Å². The normalized spacial score (nSPS) is 13.2. The molecule has 0 amide bonds. The second-order valence-electron chi connectivity index (χ2n) is 25.7. The molecule has 14 rings (SSSR count). The molecule has 4 aliphatic carbocycles. The predicted octanol–water partition coefficient (Wildman–Crippen LogP) is 1.40. The van der Waals surface area contributed by atoms with Gasteiger partial charge in [0.1, 0.15) is 19.6 Å². The van der Waals surface area contributed by atoms with E-state index in [4.69, 9.17) is 11.5 Å². The van der Waals surface area contributed by atoms with Crippen molar-refractivity contribution < 1.29 is 97.1 Å². The summed E-state index contributed by atoms with van der Waals surface area (Å²) in [6.45, 7) is 11.3. The van der Waals surface area contributed by atoms with Gasteiger partial charge >= 0.3 is 0 Å². The highest BCUT2D eigenvalue weighted by molar-refractivity contribution is 6.25. The van der Waals surface area contributed by atoms with E-state index in [0.717, 1.165) is 139 Å². The Balaban J connectivity index is 0.000000177. The number of halogens is 4.